The zero-order valence-corrected chi connectivity index (χ0v) is 17.2. The van der Waals surface area contributed by atoms with Crippen molar-refractivity contribution in [1.29, 1.82) is 0 Å². The number of carbonyl (C=O) groups excluding carboxylic acids is 2. The number of esters is 1. The van der Waals surface area contributed by atoms with Crippen molar-refractivity contribution >= 4 is 17.6 Å². The van der Waals surface area contributed by atoms with Crippen molar-refractivity contribution in [2.75, 3.05) is 39.3 Å². The van der Waals surface area contributed by atoms with E-state index in [1.807, 2.05) is 43.1 Å². The molecule has 0 saturated heterocycles. The maximum atomic E-state index is 13.1. The smallest absolute Gasteiger partial charge is 0.348 e. The molecule has 1 aliphatic heterocycles. The lowest BCUT2D eigenvalue weighted by atomic mass is 10.1. The average molecular weight is 398 g/mol. The number of anilines is 1. The van der Waals surface area contributed by atoms with E-state index in [-0.39, 0.29) is 19.0 Å². The van der Waals surface area contributed by atoms with Crippen LogP contribution in [0.5, 0.6) is 11.5 Å². The third kappa shape index (κ3) is 4.68. The minimum Gasteiger partial charge on any atom is -0.496 e. The number of carbonyl (C=O) groups is 2. The molecular formula is C22H26N2O5. The number of para-hydroxylation sites is 2. The van der Waals surface area contributed by atoms with Crippen LogP contribution in [0.3, 0.4) is 0 Å². The van der Waals surface area contributed by atoms with E-state index in [0.717, 1.165) is 16.9 Å². The van der Waals surface area contributed by atoms with Crippen molar-refractivity contribution in [3.05, 3.63) is 53.6 Å². The van der Waals surface area contributed by atoms with Gasteiger partial charge in [-0.1, -0.05) is 29.8 Å². The third-order valence-electron chi connectivity index (χ3n) is 4.82. The van der Waals surface area contributed by atoms with Crippen LogP contribution >= 0.6 is 0 Å². The number of likely N-dealkylation sites (N-methyl/N-ethyl adjacent to an activating group) is 1. The van der Waals surface area contributed by atoms with Gasteiger partial charge in [0.15, 0.2) is 0 Å². The summed E-state index contributed by atoms with van der Waals surface area (Å²) in [6, 6.07) is 13.2. The largest absolute Gasteiger partial charge is 0.496 e. The molecule has 0 aliphatic carbocycles. The molecule has 2 aromatic carbocycles. The number of benzene rings is 2. The van der Waals surface area contributed by atoms with Crippen molar-refractivity contribution in [3.63, 3.8) is 0 Å². The average Bonchev–Trinajstić information content (AvgIpc) is 2.72. The van der Waals surface area contributed by atoms with Gasteiger partial charge < -0.3 is 19.1 Å². The Hall–Kier alpha value is -3.06. The number of rotatable bonds is 6. The van der Waals surface area contributed by atoms with Gasteiger partial charge in [0, 0.05) is 12.1 Å². The van der Waals surface area contributed by atoms with Gasteiger partial charge in [0.25, 0.3) is 0 Å². The summed E-state index contributed by atoms with van der Waals surface area (Å²) in [4.78, 5) is 28.6. The van der Waals surface area contributed by atoms with Crippen molar-refractivity contribution in [2.45, 2.75) is 19.6 Å². The van der Waals surface area contributed by atoms with Gasteiger partial charge in [-0.05, 0) is 32.2 Å². The quantitative estimate of drug-likeness (QED) is 0.696. The van der Waals surface area contributed by atoms with Crippen LogP contribution in [-0.4, -0.2) is 57.2 Å². The lowest BCUT2D eigenvalue weighted by Gasteiger charge is -2.34. The van der Waals surface area contributed by atoms with Gasteiger partial charge in [0.2, 0.25) is 12.0 Å². The minimum absolute atomic E-state index is 0.115. The van der Waals surface area contributed by atoms with E-state index in [0.29, 0.717) is 18.0 Å². The van der Waals surface area contributed by atoms with Crippen molar-refractivity contribution in [3.8, 4) is 11.5 Å². The molecule has 0 spiro atoms. The second kappa shape index (κ2) is 8.96. The fourth-order valence-electron chi connectivity index (χ4n) is 3.42. The standard InChI is InChI=1S/C22H26N2O5/c1-15-9-10-18(27-3)16(11-15)12-23(2)14-21(25)24-13-20(22(26)28-4)29-19-8-6-5-7-17(19)24/h5-11,20H,12-14H2,1-4H3/t20-/m1/s1. The van der Waals surface area contributed by atoms with Gasteiger partial charge in [-0.2, -0.15) is 0 Å². The lowest BCUT2D eigenvalue weighted by Crippen LogP contribution is -2.49. The molecule has 0 bridgehead atoms. The Morgan fingerprint density at radius 2 is 1.97 bits per heavy atom. The van der Waals surface area contributed by atoms with E-state index in [4.69, 9.17) is 14.2 Å². The van der Waals surface area contributed by atoms with Crippen LogP contribution in [0, 0.1) is 6.92 Å². The highest BCUT2D eigenvalue weighted by Crippen LogP contribution is 2.33. The number of aryl methyl sites for hydroxylation is 1. The van der Waals surface area contributed by atoms with Crippen LogP contribution in [0.25, 0.3) is 0 Å². The van der Waals surface area contributed by atoms with E-state index in [1.54, 1.807) is 24.1 Å². The molecular weight excluding hydrogens is 372 g/mol. The number of fused-ring (bicyclic) bond motifs is 1. The monoisotopic (exact) mass is 398 g/mol. The Kier molecular flexibility index (Phi) is 6.39. The van der Waals surface area contributed by atoms with Crippen LogP contribution in [0.1, 0.15) is 11.1 Å². The van der Waals surface area contributed by atoms with Gasteiger partial charge in [0.1, 0.15) is 11.5 Å². The molecule has 0 N–H and O–H groups in total. The molecule has 0 unspecified atom stereocenters. The Labute approximate surface area is 170 Å². The molecule has 1 heterocycles. The SMILES string of the molecule is COC(=O)[C@H]1CN(C(=O)CN(C)Cc2cc(C)ccc2OC)c2ccccc2O1. The first kappa shape index (κ1) is 20.7. The fourth-order valence-corrected chi connectivity index (χ4v) is 3.42. The van der Waals surface area contributed by atoms with E-state index in [2.05, 4.69) is 6.07 Å². The maximum Gasteiger partial charge on any atom is 0.348 e. The van der Waals surface area contributed by atoms with E-state index in [1.165, 1.54) is 7.11 Å². The molecule has 0 fully saturated rings. The molecule has 0 aromatic heterocycles. The normalized spacial score (nSPS) is 15.5. The summed E-state index contributed by atoms with van der Waals surface area (Å²) in [5, 5.41) is 0. The van der Waals surface area contributed by atoms with E-state index >= 15 is 0 Å². The predicted octanol–water partition coefficient (Wildman–Crippen LogP) is 2.40. The summed E-state index contributed by atoms with van der Waals surface area (Å²) in [5.41, 5.74) is 2.79. The molecule has 1 amide bonds. The first-order chi connectivity index (χ1) is 13.9. The molecule has 2 aromatic rings. The topological polar surface area (TPSA) is 68.3 Å². The zero-order chi connectivity index (χ0) is 21.0. The van der Waals surface area contributed by atoms with E-state index in [9.17, 15) is 9.59 Å². The van der Waals surface area contributed by atoms with Crippen LogP contribution in [0.2, 0.25) is 0 Å². The first-order valence-corrected chi connectivity index (χ1v) is 9.39. The molecule has 29 heavy (non-hydrogen) atoms. The molecule has 154 valence electrons. The molecule has 0 saturated carbocycles. The number of hydrogen-bond acceptors (Lipinski definition) is 6. The first-order valence-electron chi connectivity index (χ1n) is 9.39. The van der Waals surface area contributed by atoms with Crippen molar-refractivity contribution in [2.24, 2.45) is 0 Å². The van der Waals surface area contributed by atoms with Crippen molar-refractivity contribution in [1.82, 2.24) is 4.90 Å². The highest BCUT2D eigenvalue weighted by molar-refractivity contribution is 5.98. The van der Waals surface area contributed by atoms with Gasteiger partial charge in [0.05, 0.1) is 33.0 Å². The van der Waals surface area contributed by atoms with Gasteiger partial charge >= 0.3 is 5.97 Å². The maximum absolute atomic E-state index is 13.1. The fraction of sp³-hybridized carbons (Fsp3) is 0.364. The van der Waals surface area contributed by atoms with E-state index < -0.39 is 12.1 Å². The Balaban J connectivity index is 1.75. The van der Waals surface area contributed by atoms with Crippen LogP contribution in [0.4, 0.5) is 5.69 Å². The number of methoxy groups -OCH3 is 2. The highest BCUT2D eigenvalue weighted by Gasteiger charge is 2.34. The number of amides is 1. The molecule has 1 atom stereocenters. The highest BCUT2D eigenvalue weighted by atomic mass is 16.6. The van der Waals surface area contributed by atoms with Crippen molar-refractivity contribution < 1.29 is 23.8 Å². The van der Waals surface area contributed by atoms with Gasteiger partial charge in [-0.3, -0.25) is 9.69 Å². The summed E-state index contributed by atoms with van der Waals surface area (Å²) in [6.07, 6.45) is -0.846. The molecule has 3 rings (SSSR count). The Morgan fingerprint density at radius 1 is 1.21 bits per heavy atom. The second-order valence-electron chi connectivity index (χ2n) is 7.09. The molecule has 7 heteroatoms. The Bertz CT molecular complexity index is 899. The third-order valence-corrected chi connectivity index (χ3v) is 4.82. The summed E-state index contributed by atoms with van der Waals surface area (Å²) in [7, 11) is 4.82. The number of ether oxygens (including phenoxy) is 3. The summed E-state index contributed by atoms with van der Waals surface area (Å²) in [6.45, 7) is 2.87. The van der Waals surface area contributed by atoms with Gasteiger partial charge in [-0.25, -0.2) is 4.79 Å². The summed E-state index contributed by atoms with van der Waals surface area (Å²) < 4.78 is 15.9. The van der Waals surface area contributed by atoms with Crippen LogP contribution in [-0.2, 0) is 20.9 Å². The zero-order valence-electron chi connectivity index (χ0n) is 17.2. The molecule has 7 nitrogen and oxygen atoms in total. The predicted molar refractivity (Wildman–Crippen MR) is 109 cm³/mol. The van der Waals surface area contributed by atoms with Gasteiger partial charge in [-0.15, -0.1) is 0 Å². The number of hydrogen-bond donors (Lipinski definition) is 0. The second-order valence-corrected chi connectivity index (χ2v) is 7.09. The summed E-state index contributed by atoms with van der Waals surface area (Å²) in [5.74, 6) is 0.654. The molecule has 1 aliphatic rings. The Morgan fingerprint density at radius 3 is 2.69 bits per heavy atom. The lowest BCUT2D eigenvalue weighted by molar-refractivity contribution is -0.148. The van der Waals surface area contributed by atoms with Crippen LogP contribution < -0.4 is 14.4 Å². The minimum atomic E-state index is -0.846. The number of nitrogens with zero attached hydrogens (tertiary/aromatic N) is 2. The van der Waals surface area contributed by atoms with Crippen LogP contribution in [0.15, 0.2) is 42.5 Å². The summed E-state index contributed by atoms with van der Waals surface area (Å²) >= 11 is 0. The molecule has 0 radical (unpaired) electrons.